The van der Waals surface area contributed by atoms with Gasteiger partial charge in [-0.3, -0.25) is 4.79 Å². The van der Waals surface area contributed by atoms with Crippen molar-refractivity contribution in [2.45, 2.75) is 44.6 Å². The van der Waals surface area contributed by atoms with Gasteiger partial charge in [-0.05, 0) is 25.7 Å². The first-order chi connectivity index (χ1) is 6.76. The molecule has 2 fully saturated rings. The molecule has 1 saturated carbocycles. The number of hydrogen-bond donors (Lipinski definition) is 1. The molecule has 1 spiro atoms. The van der Waals surface area contributed by atoms with E-state index in [2.05, 4.69) is 5.32 Å². The van der Waals surface area contributed by atoms with Gasteiger partial charge in [0.1, 0.15) is 0 Å². The Morgan fingerprint density at radius 1 is 1.64 bits per heavy atom. The Morgan fingerprint density at radius 3 is 3.07 bits per heavy atom. The van der Waals surface area contributed by atoms with Crippen LogP contribution in [0.1, 0.15) is 39.0 Å². The number of carbonyl (C=O) groups excluding carboxylic acids is 1. The van der Waals surface area contributed by atoms with Crippen molar-refractivity contribution >= 4 is 5.97 Å². The Hall–Kier alpha value is -0.570. The van der Waals surface area contributed by atoms with Crippen molar-refractivity contribution in [3.8, 4) is 0 Å². The average molecular weight is 197 g/mol. The highest BCUT2D eigenvalue weighted by molar-refractivity contribution is 5.72. The molecule has 2 atom stereocenters. The van der Waals surface area contributed by atoms with Gasteiger partial charge in [0.15, 0.2) is 0 Å². The smallest absolute Gasteiger partial charge is 0.308 e. The molecule has 3 nitrogen and oxygen atoms in total. The normalized spacial score (nSPS) is 35.6. The number of hydrogen-bond acceptors (Lipinski definition) is 3. The molecular formula is C11H19NO2. The molecule has 1 N–H and O–H groups in total. The Bertz CT molecular complexity index is 223. The fourth-order valence-corrected chi connectivity index (χ4v) is 2.33. The maximum Gasteiger partial charge on any atom is 0.308 e. The summed E-state index contributed by atoms with van der Waals surface area (Å²) in [6, 6.07) is 0. The van der Waals surface area contributed by atoms with Crippen LogP contribution in [0.15, 0.2) is 0 Å². The van der Waals surface area contributed by atoms with Gasteiger partial charge in [-0.15, -0.1) is 0 Å². The van der Waals surface area contributed by atoms with Crippen LogP contribution in [0.3, 0.4) is 0 Å². The van der Waals surface area contributed by atoms with Crippen molar-refractivity contribution in [3.05, 3.63) is 0 Å². The van der Waals surface area contributed by atoms with Gasteiger partial charge >= 0.3 is 5.97 Å². The number of ether oxygens (including phenoxy) is 1. The van der Waals surface area contributed by atoms with Crippen molar-refractivity contribution in [2.24, 2.45) is 5.92 Å². The summed E-state index contributed by atoms with van der Waals surface area (Å²) in [6.45, 7) is 3.71. The summed E-state index contributed by atoms with van der Waals surface area (Å²) < 4.78 is 5.19. The maximum absolute atomic E-state index is 11.6. The molecule has 0 radical (unpaired) electrons. The molecule has 14 heavy (non-hydrogen) atoms. The molecule has 1 saturated heterocycles. The summed E-state index contributed by atoms with van der Waals surface area (Å²) >= 11 is 0. The molecule has 0 aromatic rings. The van der Waals surface area contributed by atoms with E-state index in [1.54, 1.807) is 0 Å². The van der Waals surface area contributed by atoms with Gasteiger partial charge in [0.2, 0.25) is 0 Å². The van der Waals surface area contributed by atoms with Crippen molar-refractivity contribution in [1.82, 2.24) is 5.32 Å². The van der Waals surface area contributed by atoms with Gasteiger partial charge in [0.25, 0.3) is 0 Å². The molecular weight excluding hydrogens is 178 g/mol. The molecule has 80 valence electrons. The Morgan fingerprint density at radius 2 is 2.43 bits per heavy atom. The van der Waals surface area contributed by atoms with E-state index < -0.39 is 0 Å². The van der Waals surface area contributed by atoms with Gasteiger partial charge in [0, 0.05) is 12.1 Å². The third-order valence-electron chi connectivity index (χ3n) is 3.30. The van der Waals surface area contributed by atoms with Crippen LogP contribution in [0.25, 0.3) is 0 Å². The highest BCUT2D eigenvalue weighted by Crippen LogP contribution is 2.38. The Balaban J connectivity index is 1.81. The fourth-order valence-electron chi connectivity index (χ4n) is 2.33. The molecule has 2 rings (SSSR count). The lowest BCUT2D eigenvalue weighted by atomic mass is 9.81. The van der Waals surface area contributed by atoms with E-state index in [-0.39, 0.29) is 11.9 Å². The lowest BCUT2D eigenvalue weighted by Gasteiger charge is -2.26. The molecule has 0 aromatic heterocycles. The molecule has 0 bridgehead atoms. The van der Waals surface area contributed by atoms with Gasteiger partial charge in [-0.25, -0.2) is 0 Å². The minimum atomic E-state index is 0.0274. The van der Waals surface area contributed by atoms with E-state index in [1.807, 2.05) is 6.92 Å². The summed E-state index contributed by atoms with van der Waals surface area (Å²) in [7, 11) is 0. The highest BCUT2D eigenvalue weighted by atomic mass is 16.5. The lowest BCUT2D eigenvalue weighted by Crippen LogP contribution is -2.31. The van der Waals surface area contributed by atoms with Gasteiger partial charge in [-0.1, -0.05) is 13.3 Å². The van der Waals surface area contributed by atoms with Gasteiger partial charge < -0.3 is 10.1 Å². The summed E-state index contributed by atoms with van der Waals surface area (Å²) in [5, 5.41) is 3.38. The molecule has 2 unspecified atom stereocenters. The quantitative estimate of drug-likeness (QED) is 0.550. The molecule has 1 aliphatic heterocycles. The molecule has 0 aromatic carbocycles. The van der Waals surface area contributed by atoms with Crippen LogP contribution in [0.4, 0.5) is 0 Å². The monoisotopic (exact) mass is 197 g/mol. The maximum atomic E-state index is 11.6. The van der Waals surface area contributed by atoms with Crippen LogP contribution >= 0.6 is 0 Å². The van der Waals surface area contributed by atoms with Crippen LogP contribution in [-0.2, 0) is 9.53 Å². The van der Waals surface area contributed by atoms with Gasteiger partial charge in [-0.2, -0.15) is 0 Å². The van der Waals surface area contributed by atoms with Crippen molar-refractivity contribution in [2.75, 3.05) is 13.2 Å². The predicted octanol–water partition coefficient (Wildman–Crippen LogP) is 1.47. The Kier molecular flexibility index (Phi) is 2.77. The van der Waals surface area contributed by atoms with Crippen LogP contribution in [0, 0.1) is 5.92 Å². The first-order valence-electron chi connectivity index (χ1n) is 5.67. The second-order valence-electron chi connectivity index (χ2n) is 4.59. The van der Waals surface area contributed by atoms with E-state index in [4.69, 9.17) is 4.74 Å². The van der Waals surface area contributed by atoms with E-state index in [0.717, 1.165) is 25.8 Å². The number of carbonyl (C=O) groups is 1. The van der Waals surface area contributed by atoms with E-state index >= 15 is 0 Å². The third kappa shape index (κ3) is 2.08. The van der Waals surface area contributed by atoms with Crippen molar-refractivity contribution < 1.29 is 9.53 Å². The zero-order chi connectivity index (χ0) is 10.0. The minimum Gasteiger partial charge on any atom is -0.465 e. The number of rotatable bonds is 3. The van der Waals surface area contributed by atoms with E-state index in [9.17, 15) is 4.79 Å². The van der Waals surface area contributed by atoms with Crippen molar-refractivity contribution in [1.29, 1.82) is 0 Å². The molecule has 3 heteroatoms. The van der Waals surface area contributed by atoms with Crippen molar-refractivity contribution in [3.63, 3.8) is 0 Å². The average Bonchev–Trinajstić information content (AvgIpc) is 2.94. The minimum absolute atomic E-state index is 0.0274. The van der Waals surface area contributed by atoms with Crippen LogP contribution in [0.2, 0.25) is 0 Å². The third-order valence-corrected chi connectivity index (χ3v) is 3.30. The Labute approximate surface area is 85.2 Å². The fraction of sp³-hybridized carbons (Fsp3) is 0.909. The van der Waals surface area contributed by atoms with Crippen LogP contribution in [-0.4, -0.2) is 24.7 Å². The molecule has 1 heterocycles. The highest BCUT2D eigenvalue weighted by Gasteiger charge is 2.47. The standard InChI is InChI=1S/C11H19NO2/c1-2-6-14-10(13)9-4-3-5-11(7-9)8-12-11/h9,12H,2-8H2,1H3. The zero-order valence-electron chi connectivity index (χ0n) is 8.84. The number of esters is 1. The zero-order valence-corrected chi connectivity index (χ0v) is 8.84. The first kappa shape index (κ1) is 9.97. The lowest BCUT2D eigenvalue weighted by molar-refractivity contribution is -0.150. The van der Waals surface area contributed by atoms with E-state index in [0.29, 0.717) is 12.1 Å². The second-order valence-corrected chi connectivity index (χ2v) is 4.59. The first-order valence-corrected chi connectivity index (χ1v) is 5.67. The summed E-state index contributed by atoms with van der Waals surface area (Å²) in [6.07, 6.45) is 5.34. The predicted molar refractivity (Wildman–Crippen MR) is 53.9 cm³/mol. The molecule has 2 aliphatic rings. The number of nitrogens with one attached hydrogen (secondary N) is 1. The largest absolute Gasteiger partial charge is 0.465 e. The topological polar surface area (TPSA) is 48.2 Å². The molecule has 0 amide bonds. The summed E-state index contributed by atoms with van der Waals surface area (Å²) in [5.74, 6) is 0.185. The SMILES string of the molecule is CCCOC(=O)C1CCCC2(CN2)C1. The van der Waals surface area contributed by atoms with Gasteiger partial charge in [0.05, 0.1) is 12.5 Å². The summed E-state index contributed by atoms with van der Waals surface area (Å²) in [4.78, 5) is 11.6. The van der Waals surface area contributed by atoms with Crippen LogP contribution < -0.4 is 5.32 Å². The van der Waals surface area contributed by atoms with Crippen LogP contribution in [0.5, 0.6) is 0 Å². The molecule has 1 aliphatic carbocycles. The summed E-state index contributed by atoms with van der Waals surface area (Å²) in [5.41, 5.74) is 0.328. The van der Waals surface area contributed by atoms with E-state index in [1.165, 1.54) is 12.8 Å². The second kappa shape index (κ2) is 3.89.